The lowest BCUT2D eigenvalue weighted by Crippen LogP contribution is -2.15. The van der Waals surface area contributed by atoms with Gasteiger partial charge in [-0.1, -0.05) is 36.4 Å². The Bertz CT molecular complexity index is 565. The number of ketones is 1. The molecule has 0 amide bonds. The molecule has 2 rings (SSSR count). The normalized spacial score (nSPS) is 15.9. The van der Waals surface area contributed by atoms with Crippen LogP contribution in [0.2, 0.25) is 0 Å². The van der Waals surface area contributed by atoms with Crippen LogP contribution in [0.5, 0.6) is 0 Å². The molecule has 92 valence electrons. The van der Waals surface area contributed by atoms with Crippen molar-refractivity contribution in [3.8, 4) is 0 Å². The molecule has 1 aromatic carbocycles. The van der Waals surface area contributed by atoms with E-state index in [1.807, 2.05) is 36.4 Å². The zero-order chi connectivity index (χ0) is 13.1. The molecule has 1 aliphatic rings. The van der Waals surface area contributed by atoms with E-state index in [1.54, 1.807) is 0 Å². The van der Waals surface area contributed by atoms with Crippen molar-refractivity contribution in [2.75, 3.05) is 7.11 Å². The van der Waals surface area contributed by atoms with E-state index in [-0.39, 0.29) is 11.4 Å². The summed E-state index contributed by atoms with van der Waals surface area (Å²) in [5.41, 5.74) is 2.83. The number of esters is 1. The molecule has 0 fully saturated rings. The summed E-state index contributed by atoms with van der Waals surface area (Å²) in [4.78, 5) is 23.4. The van der Waals surface area contributed by atoms with Crippen LogP contribution in [0.3, 0.4) is 0 Å². The minimum atomic E-state index is -0.567. The molecule has 0 aromatic heterocycles. The fourth-order valence-corrected chi connectivity index (χ4v) is 2.15. The van der Waals surface area contributed by atoms with Crippen LogP contribution in [0.25, 0.3) is 11.6 Å². The summed E-state index contributed by atoms with van der Waals surface area (Å²) < 4.78 is 4.70. The lowest BCUT2D eigenvalue weighted by molar-refractivity contribution is -0.137. The Hall–Kier alpha value is -2.16. The molecule has 0 aliphatic heterocycles. The molecular weight excluding hydrogens is 228 g/mol. The highest BCUT2D eigenvalue weighted by atomic mass is 16.5. The molecule has 0 atom stereocenters. The number of ether oxygens (including phenoxy) is 1. The van der Waals surface area contributed by atoms with Crippen LogP contribution in [0.4, 0.5) is 0 Å². The van der Waals surface area contributed by atoms with Crippen molar-refractivity contribution in [1.29, 1.82) is 0 Å². The van der Waals surface area contributed by atoms with Crippen LogP contribution in [-0.4, -0.2) is 18.9 Å². The Morgan fingerprint density at radius 3 is 2.61 bits per heavy atom. The van der Waals surface area contributed by atoms with E-state index < -0.39 is 5.97 Å². The molecule has 18 heavy (non-hydrogen) atoms. The van der Waals surface area contributed by atoms with E-state index in [0.29, 0.717) is 6.42 Å². The van der Waals surface area contributed by atoms with Gasteiger partial charge in [0.15, 0.2) is 5.78 Å². The number of allylic oxidation sites excluding steroid dienone is 2. The molecule has 0 saturated heterocycles. The van der Waals surface area contributed by atoms with Crippen molar-refractivity contribution in [2.24, 2.45) is 0 Å². The topological polar surface area (TPSA) is 43.4 Å². The molecular formula is C15H14O3. The van der Waals surface area contributed by atoms with Crippen molar-refractivity contribution in [2.45, 2.75) is 13.3 Å². The molecule has 0 N–H and O–H groups in total. The first kappa shape index (κ1) is 12.3. The molecule has 0 radical (unpaired) electrons. The van der Waals surface area contributed by atoms with Crippen LogP contribution in [0.15, 0.2) is 35.9 Å². The highest BCUT2D eigenvalue weighted by molar-refractivity contribution is 6.22. The number of rotatable bonds is 2. The highest BCUT2D eigenvalue weighted by Gasteiger charge is 2.23. The van der Waals surface area contributed by atoms with Crippen LogP contribution in [0.1, 0.15) is 24.5 Å². The van der Waals surface area contributed by atoms with Gasteiger partial charge in [-0.15, -0.1) is 0 Å². The molecule has 3 nitrogen and oxygen atoms in total. The van der Waals surface area contributed by atoms with Gasteiger partial charge >= 0.3 is 5.97 Å². The Labute approximate surface area is 106 Å². The second-order valence-electron chi connectivity index (χ2n) is 4.10. The summed E-state index contributed by atoms with van der Waals surface area (Å²) in [5, 5.41) is 0. The molecule has 1 aliphatic carbocycles. The first-order chi connectivity index (χ1) is 8.65. The molecule has 1 aromatic rings. The number of hydrogen-bond donors (Lipinski definition) is 0. The fraction of sp³-hybridized carbons (Fsp3) is 0.200. The lowest BCUT2D eigenvalue weighted by atomic mass is 9.88. The van der Waals surface area contributed by atoms with Crippen LogP contribution in [-0.2, 0) is 14.3 Å². The second kappa shape index (κ2) is 5.00. The zero-order valence-electron chi connectivity index (χ0n) is 10.4. The van der Waals surface area contributed by atoms with Crippen molar-refractivity contribution in [3.63, 3.8) is 0 Å². The summed E-state index contributed by atoms with van der Waals surface area (Å²) in [5.74, 6) is -0.829. The van der Waals surface area contributed by atoms with E-state index in [4.69, 9.17) is 4.74 Å². The standard InChI is InChI=1S/C15H14O3/c1-10(16)14(15(17)18-2)13-9-5-7-11-6-3-4-8-12(11)13/h3-8H,9H2,1-2H3. The average molecular weight is 242 g/mol. The SMILES string of the molecule is COC(=O)C(C(C)=O)=C1CC=Cc2ccccc21. The zero-order valence-corrected chi connectivity index (χ0v) is 10.4. The lowest BCUT2D eigenvalue weighted by Gasteiger charge is -2.16. The molecule has 0 unspecified atom stereocenters. The van der Waals surface area contributed by atoms with Gasteiger partial charge in [-0.3, -0.25) is 4.79 Å². The van der Waals surface area contributed by atoms with Gasteiger partial charge in [0.1, 0.15) is 5.57 Å². The summed E-state index contributed by atoms with van der Waals surface area (Å²) >= 11 is 0. The monoisotopic (exact) mass is 242 g/mol. The number of fused-ring (bicyclic) bond motifs is 1. The number of hydrogen-bond acceptors (Lipinski definition) is 3. The number of carbonyl (C=O) groups excluding carboxylic acids is 2. The smallest absolute Gasteiger partial charge is 0.341 e. The van der Waals surface area contributed by atoms with E-state index in [9.17, 15) is 9.59 Å². The minimum Gasteiger partial charge on any atom is -0.465 e. The third-order valence-corrected chi connectivity index (χ3v) is 2.95. The Morgan fingerprint density at radius 2 is 1.94 bits per heavy atom. The van der Waals surface area contributed by atoms with E-state index in [2.05, 4.69) is 0 Å². The van der Waals surface area contributed by atoms with Gasteiger partial charge in [-0.25, -0.2) is 4.79 Å². The van der Waals surface area contributed by atoms with Crippen molar-refractivity contribution in [1.82, 2.24) is 0 Å². The molecule has 0 spiro atoms. The minimum absolute atomic E-state index is 0.148. The average Bonchev–Trinajstić information content (AvgIpc) is 2.38. The maximum absolute atomic E-state index is 11.7. The molecule has 0 saturated carbocycles. The summed E-state index contributed by atoms with van der Waals surface area (Å²) in [7, 11) is 1.29. The fourth-order valence-electron chi connectivity index (χ4n) is 2.15. The third-order valence-electron chi connectivity index (χ3n) is 2.95. The summed E-state index contributed by atoms with van der Waals surface area (Å²) in [6.45, 7) is 1.39. The largest absolute Gasteiger partial charge is 0.465 e. The maximum atomic E-state index is 11.7. The van der Waals surface area contributed by atoms with Gasteiger partial charge in [0, 0.05) is 0 Å². The summed E-state index contributed by atoms with van der Waals surface area (Å²) in [6.07, 6.45) is 4.51. The predicted octanol–water partition coefficient (Wildman–Crippen LogP) is 2.62. The number of Topliss-reactive ketones (excluding diaryl/α,β-unsaturated/α-hetero) is 1. The first-order valence-corrected chi connectivity index (χ1v) is 5.73. The van der Waals surface area contributed by atoms with Gasteiger partial charge in [0.2, 0.25) is 0 Å². The second-order valence-corrected chi connectivity index (χ2v) is 4.10. The Morgan fingerprint density at radius 1 is 1.22 bits per heavy atom. The van der Waals surface area contributed by atoms with Crippen LogP contribution >= 0.6 is 0 Å². The number of methoxy groups -OCH3 is 1. The molecule has 0 heterocycles. The van der Waals surface area contributed by atoms with Crippen molar-refractivity contribution < 1.29 is 14.3 Å². The Kier molecular flexibility index (Phi) is 3.42. The maximum Gasteiger partial charge on any atom is 0.341 e. The van der Waals surface area contributed by atoms with Gasteiger partial charge < -0.3 is 4.74 Å². The van der Waals surface area contributed by atoms with Gasteiger partial charge in [0.05, 0.1) is 7.11 Å². The van der Waals surface area contributed by atoms with E-state index in [1.165, 1.54) is 14.0 Å². The van der Waals surface area contributed by atoms with Gasteiger partial charge in [0.25, 0.3) is 0 Å². The van der Waals surface area contributed by atoms with Gasteiger partial charge in [-0.2, -0.15) is 0 Å². The first-order valence-electron chi connectivity index (χ1n) is 5.73. The highest BCUT2D eigenvalue weighted by Crippen LogP contribution is 2.31. The number of benzene rings is 1. The third kappa shape index (κ3) is 2.12. The van der Waals surface area contributed by atoms with E-state index >= 15 is 0 Å². The molecule has 3 heteroatoms. The van der Waals surface area contributed by atoms with Crippen molar-refractivity contribution >= 4 is 23.4 Å². The molecule has 0 bridgehead atoms. The quantitative estimate of drug-likeness (QED) is 0.346. The van der Waals surface area contributed by atoms with Crippen LogP contribution in [0, 0.1) is 0 Å². The van der Waals surface area contributed by atoms with Gasteiger partial charge in [-0.05, 0) is 30.0 Å². The van der Waals surface area contributed by atoms with E-state index in [0.717, 1.165) is 16.7 Å². The van der Waals surface area contributed by atoms with Crippen LogP contribution < -0.4 is 0 Å². The summed E-state index contributed by atoms with van der Waals surface area (Å²) in [6, 6.07) is 7.70. The van der Waals surface area contributed by atoms with Crippen molar-refractivity contribution in [3.05, 3.63) is 47.0 Å². The Balaban J connectivity index is 2.65. The number of carbonyl (C=O) groups is 2. The predicted molar refractivity (Wildman–Crippen MR) is 69.7 cm³/mol.